The number of esters is 2. The predicted octanol–water partition coefficient (Wildman–Crippen LogP) is 8.40. The molecule has 1 fully saturated rings. The maximum absolute atomic E-state index is 13.0. The molecule has 0 amide bonds. The van der Waals surface area contributed by atoms with Crippen LogP contribution in [-0.4, -0.2) is 45.9 Å². The minimum Gasteiger partial charge on any atom is -0.507 e. The number of ether oxygens (including phenoxy) is 2. The van der Waals surface area contributed by atoms with Gasteiger partial charge in [0.25, 0.3) is 0 Å². The van der Waals surface area contributed by atoms with Crippen LogP contribution >= 0.6 is 11.8 Å². The molecule has 0 bridgehead atoms. The van der Waals surface area contributed by atoms with E-state index < -0.39 is 6.10 Å². The Morgan fingerprint density at radius 2 is 1.27 bits per heavy atom. The molecule has 2 aromatic carbocycles. The van der Waals surface area contributed by atoms with Crippen LogP contribution in [0.2, 0.25) is 0 Å². The van der Waals surface area contributed by atoms with Crippen molar-refractivity contribution in [3.63, 3.8) is 0 Å². The maximum atomic E-state index is 13.0. The molecule has 0 heterocycles. The lowest BCUT2D eigenvalue weighted by atomic mass is 9.83. The first-order chi connectivity index (χ1) is 20.5. The number of carbonyl (C=O) groups excluding carboxylic acids is 2. The van der Waals surface area contributed by atoms with E-state index in [0.29, 0.717) is 35.3 Å². The van der Waals surface area contributed by atoms with E-state index in [0.717, 1.165) is 33.4 Å². The number of phenolic OH excluding ortho intramolecular Hbond substituents is 2. The quantitative estimate of drug-likeness (QED) is 0.229. The number of phenols is 2. The number of hydrogen-bond donors (Lipinski definition) is 2. The molecule has 0 spiro atoms. The first kappa shape index (κ1) is 35.8. The molecule has 1 atom stereocenters. The van der Waals surface area contributed by atoms with Gasteiger partial charge in [-0.15, -0.1) is 0 Å². The second-order valence-electron chi connectivity index (χ2n) is 14.5. The summed E-state index contributed by atoms with van der Waals surface area (Å²) in [6.45, 7) is 16.1. The second kappa shape index (κ2) is 15.6. The minimum atomic E-state index is -0.506. The Balaban J connectivity index is 1.59. The highest BCUT2D eigenvalue weighted by Gasteiger charge is 2.24. The van der Waals surface area contributed by atoms with Gasteiger partial charge in [-0.05, 0) is 83.7 Å². The van der Waals surface area contributed by atoms with E-state index in [1.807, 2.05) is 49.9 Å². The molecule has 3 rings (SSSR count). The van der Waals surface area contributed by atoms with E-state index in [4.69, 9.17) is 9.47 Å². The van der Waals surface area contributed by atoms with Crippen LogP contribution in [-0.2, 0) is 42.7 Å². The average molecular weight is 627 g/mol. The van der Waals surface area contributed by atoms with Crippen molar-refractivity contribution >= 4 is 23.7 Å². The van der Waals surface area contributed by atoms with Gasteiger partial charge in [-0.25, -0.2) is 0 Å². The molecule has 0 saturated heterocycles. The van der Waals surface area contributed by atoms with E-state index in [-0.39, 0.29) is 42.2 Å². The zero-order chi connectivity index (χ0) is 32.7. The summed E-state index contributed by atoms with van der Waals surface area (Å²) in [7, 11) is 0. The molecule has 0 radical (unpaired) electrons. The third-order valence-electron chi connectivity index (χ3n) is 8.37. The van der Waals surface area contributed by atoms with Crippen molar-refractivity contribution < 1.29 is 29.3 Å². The van der Waals surface area contributed by atoms with Gasteiger partial charge in [0, 0.05) is 23.8 Å². The van der Waals surface area contributed by atoms with Crippen LogP contribution in [0.3, 0.4) is 0 Å². The van der Waals surface area contributed by atoms with Crippen molar-refractivity contribution in [2.75, 3.05) is 12.4 Å². The Bertz CT molecular complexity index is 1280. The summed E-state index contributed by atoms with van der Waals surface area (Å²) in [5, 5.41) is 21.6. The topological polar surface area (TPSA) is 93.1 Å². The zero-order valence-corrected chi connectivity index (χ0v) is 29.0. The van der Waals surface area contributed by atoms with Gasteiger partial charge in [0.05, 0.1) is 0 Å². The summed E-state index contributed by atoms with van der Waals surface area (Å²) < 4.78 is 11.6. The van der Waals surface area contributed by atoms with Crippen molar-refractivity contribution in [1.29, 1.82) is 0 Å². The highest BCUT2D eigenvalue weighted by Crippen LogP contribution is 2.36. The van der Waals surface area contributed by atoms with E-state index in [1.54, 1.807) is 0 Å². The van der Waals surface area contributed by atoms with Gasteiger partial charge in [0.2, 0.25) is 0 Å². The summed E-state index contributed by atoms with van der Waals surface area (Å²) in [6.07, 6.45) is 7.01. The molecule has 2 N–H and O–H groups in total. The summed E-state index contributed by atoms with van der Waals surface area (Å²) in [5.74, 6) is 0.570. The molecule has 0 aromatic heterocycles. The van der Waals surface area contributed by atoms with Crippen LogP contribution in [0.15, 0.2) is 24.3 Å². The van der Waals surface area contributed by atoms with Gasteiger partial charge in [0.15, 0.2) is 0 Å². The Hall–Kier alpha value is -2.67. The summed E-state index contributed by atoms with van der Waals surface area (Å²) in [5.41, 5.74) is 4.87. The SMILES string of the molecule is Cc1cc(CCC(=O)OCC(CSC2CCCCC2)OC(=O)CCc2cc(C)c(O)c(C(C)(C)C)c2)cc(C(C)(C)C)c1O. The maximum Gasteiger partial charge on any atom is 0.306 e. The van der Waals surface area contributed by atoms with E-state index in [1.165, 1.54) is 32.1 Å². The van der Waals surface area contributed by atoms with E-state index in [2.05, 4.69) is 41.5 Å². The Kier molecular flexibility index (Phi) is 12.7. The van der Waals surface area contributed by atoms with Crippen LogP contribution in [0.25, 0.3) is 0 Å². The van der Waals surface area contributed by atoms with Crippen molar-refractivity contribution in [2.24, 2.45) is 0 Å². The predicted molar refractivity (Wildman–Crippen MR) is 180 cm³/mol. The fourth-order valence-corrected chi connectivity index (χ4v) is 7.05. The Morgan fingerprint density at radius 1 is 0.795 bits per heavy atom. The highest BCUT2D eigenvalue weighted by atomic mass is 32.2. The first-order valence-corrected chi connectivity index (χ1v) is 17.2. The van der Waals surface area contributed by atoms with Crippen molar-refractivity contribution in [1.82, 2.24) is 0 Å². The molecule has 1 unspecified atom stereocenters. The van der Waals surface area contributed by atoms with Crippen LogP contribution in [0, 0.1) is 13.8 Å². The fraction of sp³-hybridized carbons (Fsp3) is 0.622. The molecule has 6 nitrogen and oxygen atoms in total. The number of hydrogen-bond acceptors (Lipinski definition) is 7. The third-order valence-corrected chi connectivity index (χ3v) is 9.88. The number of thioether (sulfide) groups is 1. The largest absolute Gasteiger partial charge is 0.507 e. The molecule has 0 aliphatic heterocycles. The lowest BCUT2D eigenvalue weighted by molar-refractivity contribution is -0.157. The Morgan fingerprint density at radius 3 is 1.75 bits per heavy atom. The molecular formula is C37H54O6S. The lowest BCUT2D eigenvalue weighted by Crippen LogP contribution is -2.29. The van der Waals surface area contributed by atoms with Gasteiger partial charge in [0.1, 0.15) is 24.2 Å². The van der Waals surface area contributed by atoms with E-state index >= 15 is 0 Å². The number of aromatic hydroxyl groups is 2. The molecule has 1 aliphatic rings. The smallest absolute Gasteiger partial charge is 0.306 e. The van der Waals surface area contributed by atoms with Gasteiger partial charge in [-0.3, -0.25) is 9.59 Å². The third kappa shape index (κ3) is 10.7. The molecule has 2 aromatic rings. The number of carbonyl (C=O) groups is 2. The van der Waals surface area contributed by atoms with Gasteiger partial charge in [-0.1, -0.05) is 85.1 Å². The minimum absolute atomic E-state index is 0.0403. The lowest BCUT2D eigenvalue weighted by Gasteiger charge is -2.24. The van der Waals surface area contributed by atoms with Crippen molar-refractivity contribution in [3.05, 3.63) is 57.6 Å². The molecule has 1 aliphatic carbocycles. The van der Waals surface area contributed by atoms with Gasteiger partial charge in [-0.2, -0.15) is 11.8 Å². The molecule has 7 heteroatoms. The van der Waals surface area contributed by atoms with Crippen LogP contribution in [0.1, 0.15) is 120 Å². The molecule has 1 saturated carbocycles. The highest BCUT2D eigenvalue weighted by molar-refractivity contribution is 7.99. The van der Waals surface area contributed by atoms with Crippen LogP contribution in [0.5, 0.6) is 11.5 Å². The van der Waals surface area contributed by atoms with Crippen LogP contribution < -0.4 is 0 Å². The first-order valence-electron chi connectivity index (χ1n) is 16.2. The van der Waals surface area contributed by atoms with Gasteiger partial charge >= 0.3 is 11.9 Å². The number of rotatable bonds is 12. The van der Waals surface area contributed by atoms with Crippen molar-refractivity contribution in [3.8, 4) is 11.5 Å². The van der Waals surface area contributed by atoms with Crippen molar-refractivity contribution in [2.45, 2.75) is 135 Å². The van der Waals surface area contributed by atoms with Gasteiger partial charge < -0.3 is 19.7 Å². The Labute approximate surface area is 269 Å². The fourth-order valence-electron chi connectivity index (χ4n) is 5.73. The number of aryl methyl sites for hydroxylation is 4. The van der Waals surface area contributed by atoms with E-state index in [9.17, 15) is 19.8 Å². The average Bonchev–Trinajstić information content (AvgIpc) is 2.94. The summed E-state index contributed by atoms with van der Waals surface area (Å²) >= 11 is 1.82. The number of benzene rings is 2. The molecular weight excluding hydrogens is 572 g/mol. The summed E-state index contributed by atoms with van der Waals surface area (Å²) in [4.78, 5) is 25.8. The normalized spacial score (nSPS) is 15.2. The second-order valence-corrected chi connectivity index (χ2v) is 15.8. The standard InChI is InChI=1S/C37H54O6S/c1-24-18-26(20-30(34(24)40)36(3,4)5)14-16-32(38)42-22-28(23-44-29-12-10-9-11-13-29)43-33(39)17-15-27-19-25(2)35(41)31(21-27)37(6,7)8/h18-21,28-29,40-41H,9-17,22-23H2,1-8H3. The molecule has 44 heavy (non-hydrogen) atoms. The van der Waals surface area contributed by atoms with Crippen LogP contribution in [0.4, 0.5) is 0 Å². The monoisotopic (exact) mass is 626 g/mol. The zero-order valence-electron chi connectivity index (χ0n) is 28.2. The molecule has 244 valence electrons. The summed E-state index contributed by atoms with van der Waals surface area (Å²) in [6, 6.07) is 7.80.